The Bertz CT molecular complexity index is 829. The van der Waals surface area contributed by atoms with Gasteiger partial charge in [-0.05, 0) is 42.2 Å². The highest BCUT2D eigenvalue weighted by Gasteiger charge is 2.23. The van der Waals surface area contributed by atoms with Crippen LogP contribution in [0.25, 0.3) is 0 Å². The fourth-order valence-electron chi connectivity index (χ4n) is 3.58. The van der Waals surface area contributed by atoms with Gasteiger partial charge in [-0.1, -0.05) is 30.3 Å². The van der Waals surface area contributed by atoms with Crippen LogP contribution in [0.15, 0.2) is 54.6 Å². The van der Waals surface area contributed by atoms with Crippen LogP contribution in [0, 0.1) is 11.7 Å². The second-order valence-electron chi connectivity index (χ2n) is 7.70. The third kappa shape index (κ3) is 6.47. The summed E-state index contributed by atoms with van der Waals surface area (Å²) >= 11 is 0. The molecule has 2 aromatic carbocycles. The lowest BCUT2D eigenvalue weighted by Gasteiger charge is -2.19. The number of benzene rings is 2. The minimum atomic E-state index is -0.236. The number of urea groups is 1. The van der Waals surface area contributed by atoms with Crippen LogP contribution in [0.1, 0.15) is 18.4 Å². The first kappa shape index (κ1) is 21.6. The average molecular weight is 413 g/mol. The van der Waals surface area contributed by atoms with Crippen LogP contribution < -0.4 is 15.5 Å². The van der Waals surface area contributed by atoms with E-state index in [1.165, 1.54) is 12.1 Å². The molecule has 0 saturated carbocycles. The van der Waals surface area contributed by atoms with Crippen molar-refractivity contribution in [3.63, 3.8) is 0 Å². The maximum atomic E-state index is 13.1. The third-order valence-electron chi connectivity index (χ3n) is 5.30. The Morgan fingerprint density at radius 3 is 2.57 bits per heavy atom. The molecular weight excluding hydrogens is 383 g/mol. The second-order valence-corrected chi connectivity index (χ2v) is 7.70. The smallest absolute Gasteiger partial charge is 0.317 e. The second kappa shape index (κ2) is 10.6. The summed E-state index contributed by atoms with van der Waals surface area (Å²) in [5.74, 6) is 0.0620. The molecule has 30 heavy (non-hydrogen) atoms. The van der Waals surface area contributed by atoms with Crippen molar-refractivity contribution < 1.29 is 14.0 Å². The van der Waals surface area contributed by atoms with Gasteiger partial charge in [-0.25, -0.2) is 9.18 Å². The van der Waals surface area contributed by atoms with E-state index >= 15 is 0 Å². The molecular formula is C23H29FN4O2. The van der Waals surface area contributed by atoms with E-state index in [0.717, 1.165) is 30.8 Å². The van der Waals surface area contributed by atoms with Gasteiger partial charge < -0.3 is 20.4 Å². The lowest BCUT2D eigenvalue weighted by atomic mass is 10.1. The third-order valence-corrected chi connectivity index (χ3v) is 5.30. The lowest BCUT2D eigenvalue weighted by molar-refractivity contribution is -0.121. The van der Waals surface area contributed by atoms with Crippen molar-refractivity contribution in [2.75, 3.05) is 38.1 Å². The molecule has 160 valence electrons. The molecule has 1 unspecified atom stereocenters. The maximum absolute atomic E-state index is 13.1. The number of hydrogen-bond donors (Lipinski definition) is 2. The molecule has 3 amide bonds. The lowest BCUT2D eigenvalue weighted by Crippen LogP contribution is -2.39. The monoisotopic (exact) mass is 412 g/mol. The number of anilines is 1. The number of hydrogen-bond acceptors (Lipinski definition) is 3. The molecule has 3 rings (SSSR count). The first-order valence-corrected chi connectivity index (χ1v) is 10.3. The molecule has 1 fully saturated rings. The van der Waals surface area contributed by atoms with E-state index in [1.54, 1.807) is 24.1 Å². The van der Waals surface area contributed by atoms with Crippen LogP contribution in [0.5, 0.6) is 0 Å². The fourth-order valence-corrected chi connectivity index (χ4v) is 3.58. The predicted octanol–water partition coefficient (Wildman–Crippen LogP) is 3.00. The van der Waals surface area contributed by atoms with Crippen LogP contribution in [0.4, 0.5) is 14.9 Å². The van der Waals surface area contributed by atoms with E-state index < -0.39 is 0 Å². The van der Waals surface area contributed by atoms with E-state index in [-0.39, 0.29) is 24.2 Å². The van der Waals surface area contributed by atoms with Crippen LogP contribution >= 0.6 is 0 Å². The summed E-state index contributed by atoms with van der Waals surface area (Å²) in [6.07, 6.45) is 1.23. The molecule has 0 radical (unpaired) electrons. The number of nitrogens with zero attached hydrogens (tertiary/aromatic N) is 2. The summed E-state index contributed by atoms with van der Waals surface area (Å²) < 4.78 is 13.1. The highest BCUT2D eigenvalue weighted by molar-refractivity contribution is 5.78. The van der Waals surface area contributed by atoms with Crippen molar-refractivity contribution in [2.24, 2.45) is 5.92 Å². The van der Waals surface area contributed by atoms with Crippen molar-refractivity contribution >= 4 is 17.6 Å². The van der Waals surface area contributed by atoms with Gasteiger partial charge in [0.05, 0.1) is 0 Å². The predicted molar refractivity (Wildman–Crippen MR) is 116 cm³/mol. The highest BCUT2D eigenvalue weighted by Crippen LogP contribution is 2.23. The van der Waals surface area contributed by atoms with E-state index in [0.29, 0.717) is 25.6 Å². The zero-order valence-corrected chi connectivity index (χ0v) is 17.3. The van der Waals surface area contributed by atoms with E-state index in [4.69, 9.17) is 0 Å². The van der Waals surface area contributed by atoms with Gasteiger partial charge in [0.1, 0.15) is 5.82 Å². The molecule has 2 aromatic rings. The number of rotatable bonds is 8. The van der Waals surface area contributed by atoms with E-state index in [9.17, 15) is 14.0 Å². The molecule has 7 heteroatoms. The maximum Gasteiger partial charge on any atom is 0.317 e. The van der Waals surface area contributed by atoms with Gasteiger partial charge in [0.25, 0.3) is 0 Å². The summed E-state index contributed by atoms with van der Waals surface area (Å²) in [5.41, 5.74) is 2.06. The molecule has 1 heterocycles. The molecule has 2 N–H and O–H groups in total. The van der Waals surface area contributed by atoms with Gasteiger partial charge in [0, 0.05) is 51.9 Å². The van der Waals surface area contributed by atoms with Gasteiger partial charge in [0.2, 0.25) is 5.91 Å². The first-order valence-electron chi connectivity index (χ1n) is 10.3. The number of amides is 3. The molecule has 1 aliphatic rings. The molecule has 1 atom stereocenters. The van der Waals surface area contributed by atoms with E-state index in [2.05, 4.69) is 15.5 Å². The van der Waals surface area contributed by atoms with Crippen LogP contribution in [-0.2, 0) is 11.3 Å². The van der Waals surface area contributed by atoms with Crippen molar-refractivity contribution in [1.82, 2.24) is 15.5 Å². The van der Waals surface area contributed by atoms with Crippen LogP contribution in [-0.4, -0.2) is 50.1 Å². The minimum Gasteiger partial charge on any atom is -0.371 e. The summed E-state index contributed by atoms with van der Waals surface area (Å²) in [6, 6.07) is 16.1. The molecule has 0 bridgehead atoms. The molecule has 6 nitrogen and oxygen atoms in total. The minimum absolute atomic E-state index is 0.0683. The van der Waals surface area contributed by atoms with Gasteiger partial charge >= 0.3 is 6.03 Å². The average Bonchev–Trinajstić information content (AvgIpc) is 3.22. The number of carbonyl (C=O) groups is 2. The zero-order valence-electron chi connectivity index (χ0n) is 17.3. The largest absolute Gasteiger partial charge is 0.371 e. The normalized spacial score (nSPS) is 15.7. The Hall–Kier alpha value is -3.09. The molecule has 0 spiro atoms. The summed E-state index contributed by atoms with van der Waals surface area (Å²) in [5, 5.41) is 5.74. The van der Waals surface area contributed by atoms with Gasteiger partial charge in [-0.3, -0.25) is 4.79 Å². The number of halogens is 1. The Morgan fingerprint density at radius 1 is 1.10 bits per heavy atom. The van der Waals surface area contributed by atoms with Gasteiger partial charge in [-0.15, -0.1) is 0 Å². The van der Waals surface area contributed by atoms with Gasteiger partial charge in [0.15, 0.2) is 0 Å². The molecule has 1 saturated heterocycles. The quantitative estimate of drug-likeness (QED) is 0.701. The topological polar surface area (TPSA) is 64.7 Å². The van der Waals surface area contributed by atoms with E-state index in [1.807, 2.05) is 30.3 Å². The SMILES string of the molecule is CN(Cc1ccccc1)C(=O)NCCC(=O)NCC1CCN(c2ccc(F)cc2)C1. The van der Waals surface area contributed by atoms with Crippen molar-refractivity contribution in [3.05, 3.63) is 66.0 Å². The summed E-state index contributed by atoms with van der Waals surface area (Å²) in [7, 11) is 1.73. The Labute approximate surface area is 177 Å². The molecule has 0 aromatic heterocycles. The first-order chi connectivity index (χ1) is 14.5. The summed E-state index contributed by atoms with van der Waals surface area (Å²) in [4.78, 5) is 28.0. The van der Waals surface area contributed by atoms with Crippen LogP contribution in [0.3, 0.4) is 0 Å². The highest BCUT2D eigenvalue weighted by atomic mass is 19.1. The number of nitrogens with one attached hydrogen (secondary N) is 2. The molecule has 1 aliphatic heterocycles. The zero-order chi connectivity index (χ0) is 21.3. The summed E-state index contributed by atoms with van der Waals surface area (Å²) in [6.45, 7) is 3.17. The standard InChI is InChI=1S/C23H29FN4O2/c1-27(16-18-5-3-2-4-6-18)23(30)25-13-11-22(29)26-15-19-12-14-28(17-19)21-9-7-20(24)8-10-21/h2-10,19H,11-17H2,1H3,(H,25,30)(H,26,29). The van der Waals surface area contributed by atoms with Gasteiger partial charge in [-0.2, -0.15) is 0 Å². The fraction of sp³-hybridized carbons (Fsp3) is 0.391. The van der Waals surface area contributed by atoms with Crippen molar-refractivity contribution in [3.8, 4) is 0 Å². The Balaban J connectivity index is 1.30. The van der Waals surface area contributed by atoms with Crippen LogP contribution in [0.2, 0.25) is 0 Å². The Kier molecular flexibility index (Phi) is 7.65. The van der Waals surface area contributed by atoms with Crippen molar-refractivity contribution in [2.45, 2.75) is 19.4 Å². The molecule has 0 aliphatic carbocycles. The Morgan fingerprint density at radius 2 is 1.83 bits per heavy atom. The van der Waals surface area contributed by atoms with Crippen molar-refractivity contribution in [1.29, 1.82) is 0 Å². The number of carbonyl (C=O) groups excluding carboxylic acids is 2.